The lowest BCUT2D eigenvalue weighted by Gasteiger charge is -2.34. The molecule has 0 aromatic rings. The van der Waals surface area contributed by atoms with Gasteiger partial charge in [-0.05, 0) is 38.8 Å². The van der Waals surface area contributed by atoms with Crippen LogP contribution >= 0.6 is 0 Å². The number of Topliss-reactive ketones (excluding diaryl/α,β-unsaturated/α-hetero) is 1. The molecule has 0 amide bonds. The van der Waals surface area contributed by atoms with Crippen molar-refractivity contribution in [2.45, 2.75) is 32.2 Å². The van der Waals surface area contributed by atoms with Crippen molar-refractivity contribution in [3.8, 4) is 0 Å². The van der Waals surface area contributed by atoms with Gasteiger partial charge in [0.2, 0.25) is 0 Å². The van der Waals surface area contributed by atoms with Gasteiger partial charge < -0.3 is 0 Å². The van der Waals surface area contributed by atoms with Gasteiger partial charge in [0, 0.05) is 6.54 Å². The van der Waals surface area contributed by atoms with E-state index >= 15 is 0 Å². The molecule has 1 heterocycles. The molecule has 1 aliphatic carbocycles. The molecule has 0 radical (unpaired) electrons. The van der Waals surface area contributed by atoms with Gasteiger partial charge in [0.25, 0.3) is 0 Å². The standard InChI is InChI=1S/C12H17NO/c1-9(14)12-7-10-5-3-4-6-11(10)8-13(12)2/h4,6,12H,3,5,7-8H2,1-2H3. The van der Waals surface area contributed by atoms with Crippen LogP contribution in [0.2, 0.25) is 0 Å². The predicted octanol–water partition coefficient (Wildman–Crippen LogP) is 1.93. The Morgan fingerprint density at radius 3 is 3.07 bits per heavy atom. The third-order valence-electron chi connectivity index (χ3n) is 3.25. The lowest BCUT2D eigenvalue weighted by atomic mass is 9.87. The lowest BCUT2D eigenvalue weighted by molar-refractivity contribution is -0.121. The topological polar surface area (TPSA) is 20.3 Å². The molecule has 0 saturated carbocycles. The first kappa shape index (κ1) is 9.66. The van der Waals surface area contributed by atoms with Crippen LogP contribution in [0.25, 0.3) is 0 Å². The van der Waals surface area contributed by atoms with Gasteiger partial charge >= 0.3 is 0 Å². The first-order valence-corrected chi connectivity index (χ1v) is 5.26. The Labute approximate surface area is 85.3 Å². The maximum atomic E-state index is 11.4. The maximum absolute atomic E-state index is 11.4. The number of ketones is 1. The molecule has 0 aromatic heterocycles. The van der Waals surface area contributed by atoms with Gasteiger partial charge in [-0.1, -0.05) is 17.7 Å². The summed E-state index contributed by atoms with van der Waals surface area (Å²) in [6.07, 6.45) is 7.72. The van der Waals surface area contributed by atoms with Crippen molar-refractivity contribution < 1.29 is 4.79 Å². The Morgan fingerprint density at radius 2 is 2.36 bits per heavy atom. The SMILES string of the molecule is CC(=O)C1CC2=C(C=CCC2)CN1C. The zero-order chi connectivity index (χ0) is 10.1. The summed E-state index contributed by atoms with van der Waals surface area (Å²) >= 11 is 0. The van der Waals surface area contributed by atoms with Crippen LogP contribution in [0.5, 0.6) is 0 Å². The van der Waals surface area contributed by atoms with Crippen LogP contribution < -0.4 is 0 Å². The molecule has 2 rings (SSSR count). The summed E-state index contributed by atoms with van der Waals surface area (Å²) in [5.41, 5.74) is 2.95. The molecule has 2 nitrogen and oxygen atoms in total. The van der Waals surface area contributed by atoms with Crippen molar-refractivity contribution in [1.29, 1.82) is 0 Å². The fourth-order valence-corrected chi connectivity index (χ4v) is 2.38. The van der Waals surface area contributed by atoms with E-state index in [2.05, 4.69) is 17.1 Å². The highest BCUT2D eigenvalue weighted by Gasteiger charge is 2.27. The maximum Gasteiger partial charge on any atom is 0.147 e. The monoisotopic (exact) mass is 191 g/mol. The summed E-state index contributed by atoms with van der Waals surface area (Å²) in [4.78, 5) is 13.6. The van der Waals surface area contributed by atoms with Gasteiger partial charge in [-0.2, -0.15) is 0 Å². The minimum atomic E-state index is 0.125. The van der Waals surface area contributed by atoms with Crippen LogP contribution in [-0.4, -0.2) is 30.3 Å². The fourth-order valence-electron chi connectivity index (χ4n) is 2.38. The molecule has 2 aliphatic rings. The van der Waals surface area contributed by atoms with Gasteiger partial charge in [-0.25, -0.2) is 0 Å². The molecule has 0 N–H and O–H groups in total. The van der Waals surface area contributed by atoms with E-state index in [1.54, 1.807) is 6.92 Å². The summed E-state index contributed by atoms with van der Waals surface area (Å²) in [6.45, 7) is 2.64. The molecule has 0 fully saturated rings. The van der Waals surface area contributed by atoms with Crippen LogP contribution in [0.3, 0.4) is 0 Å². The molecule has 0 saturated heterocycles. The normalized spacial score (nSPS) is 27.7. The Kier molecular flexibility index (Phi) is 2.55. The van der Waals surface area contributed by atoms with Gasteiger partial charge in [0.05, 0.1) is 6.04 Å². The number of hydrogen-bond acceptors (Lipinski definition) is 2. The number of rotatable bonds is 1. The van der Waals surface area contributed by atoms with E-state index in [0.717, 1.165) is 25.8 Å². The van der Waals surface area contributed by atoms with Gasteiger partial charge in [0.15, 0.2) is 0 Å². The summed E-state index contributed by atoms with van der Waals surface area (Å²) in [6, 6.07) is 0.125. The predicted molar refractivity (Wildman–Crippen MR) is 57.1 cm³/mol. The summed E-state index contributed by atoms with van der Waals surface area (Å²) in [5, 5.41) is 0. The van der Waals surface area contributed by atoms with Crippen molar-refractivity contribution >= 4 is 5.78 Å². The minimum absolute atomic E-state index is 0.125. The Morgan fingerprint density at radius 1 is 1.57 bits per heavy atom. The van der Waals surface area contributed by atoms with Crippen LogP contribution in [0.15, 0.2) is 23.3 Å². The van der Waals surface area contributed by atoms with Crippen molar-refractivity contribution in [2.24, 2.45) is 0 Å². The number of carbonyl (C=O) groups excluding carboxylic acids is 1. The minimum Gasteiger partial charge on any atom is -0.298 e. The van der Waals surface area contributed by atoms with Crippen LogP contribution in [0.1, 0.15) is 26.2 Å². The van der Waals surface area contributed by atoms with Gasteiger partial charge in [0.1, 0.15) is 5.78 Å². The van der Waals surface area contributed by atoms with Crippen molar-refractivity contribution in [3.05, 3.63) is 23.3 Å². The molecule has 14 heavy (non-hydrogen) atoms. The highest BCUT2D eigenvalue weighted by atomic mass is 16.1. The van der Waals surface area contributed by atoms with Crippen LogP contribution in [-0.2, 0) is 4.79 Å². The zero-order valence-electron chi connectivity index (χ0n) is 8.92. The van der Waals surface area contributed by atoms with Crippen molar-refractivity contribution in [1.82, 2.24) is 4.90 Å². The molecular weight excluding hydrogens is 174 g/mol. The Balaban J connectivity index is 2.21. The first-order chi connectivity index (χ1) is 6.68. The van der Waals surface area contributed by atoms with E-state index < -0.39 is 0 Å². The van der Waals surface area contributed by atoms with Crippen molar-refractivity contribution in [3.63, 3.8) is 0 Å². The molecule has 0 spiro atoms. The largest absolute Gasteiger partial charge is 0.298 e. The summed E-state index contributed by atoms with van der Waals surface area (Å²) < 4.78 is 0. The molecule has 2 heteroatoms. The summed E-state index contributed by atoms with van der Waals surface area (Å²) in [5.74, 6) is 0.300. The molecule has 1 atom stereocenters. The fraction of sp³-hybridized carbons (Fsp3) is 0.583. The number of likely N-dealkylation sites (N-methyl/N-ethyl adjacent to an activating group) is 1. The van der Waals surface area contributed by atoms with E-state index in [1.807, 2.05) is 7.05 Å². The molecule has 1 unspecified atom stereocenters. The van der Waals surface area contributed by atoms with Crippen LogP contribution in [0.4, 0.5) is 0 Å². The first-order valence-electron chi connectivity index (χ1n) is 5.26. The molecule has 0 aromatic carbocycles. The van der Waals surface area contributed by atoms with E-state index in [4.69, 9.17) is 0 Å². The number of carbonyl (C=O) groups is 1. The zero-order valence-corrected chi connectivity index (χ0v) is 8.92. The average molecular weight is 191 g/mol. The lowest BCUT2D eigenvalue weighted by Crippen LogP contribution is -2.42. The highest BCUT2D eigenvalue weighted by Crippen LogP contribution is 2.29. The van der Waals surface area contributed by atoms with E-state index in [1.165, 1.54) is 11.1 Å². The van der Waals surface area contributed by atoms with Crippen molar-refractivity contribution in [2.75, 3.05) is 13.6 Å². The molecule has 76 valence electrons. The Bertz CT molecular complexity index is 314. The van der Waals surface area contributed by atoms with Crippen LogP contribution in [0, 0.1) is 0 Å². The second-order valence-electron chi connectivity index (χ2n) is 4.32. The highest BCUT2D eigenvalue weighted by molar-refractivity contribution is 5.82. The Hall–Kier alpha value is -0.890. The number of nitrogens with zero attached hydrogens (tertiary/aromatic N) is 1. The molecular formula is C12H17NO. The molecule has 0 bridgehead atoms. The third kappa shape index (κ3) is 1.67. The van der Waals surface area contributed by atoms with Gasteiger partial charge in [-0.15, -0.1) is 0 Å². The average Bonchev–Trinajstić information content (AvgIpc) is 2.16. The second-order valence-corrected chi connectivity index (χ2v) is 4.32. The number of hydrogen-bond donors (Lipinski definition) is 0. The third-order valence-corrected chi connectivity index (χ3v) is 3.25. The summed E-state index contributed by atoms with van der Waals surface area (Å²) in [7, 11) is 2.04. The second kappa shape index (κ2) is 3.70. The van der Waals surface area contributed by atoms with E-state index in [-0.39, 0.29) is 6.04 Å². The number of allylic oxidation sites excluding steroid dienone is 1. The molecule has 1 aliphatic heterocycles. The van der Waals surface area contributed by atoms with E-state index in [9.17, 15) is 4.79 Å². The quantitative estimate of drug-likeness (QED) is 0.631. The van der Waals surface area contributed by atoms with Gasteiger partial charge in [-0.3, -0.25) is 9.69 Å². The smallest absolute Gasteiger partial charge is 0.147 e. The van der Waals surface area contributed by atoms with E-state index in [0.29, 0.717) is 5.78 Å².